The number of amides is 1. The topological polar surface area (TPSA) is 96.6 Å². The number of nitrogens with zero attached hydrogens (tertiary/aromatic N) is 2. The van der Waals surface area contributed by atoms with Gasteiger partial charge in [-0.2, -0.15) is 5.10 Å². The van der Waals surface area contributed by atoms with E-state index in [2.05, 4.69) is 26.5 Å². The maximum absolute atomic E-state index is 12.9. The van der Waals surface area contributed by atoms with Crippen LogP contribution in [-0.4, -0.2) is 59.4 Å². The maximum atomic E-state index is 12.9. The summed E-state index contributed by atoms with van der Waals surface area (Å²) in [4.78, 5) is 26.4. The van der Waals surface area contributed by atoms with Gasteiger partial charge in [0.1, 0.15) is 28.7 Å². The number of hydrogen-bond donors (Lipinski definition) is 2. The van der Waals surface area contributed by atoms with Gasteiger partial charge in [0.25, 0.3) is 5.91 Å². The Morgan fingerprint density at radius 3 is 2.74 bits per heavy atom. The second-order valence-corrected chi connectivity index (χ2v) is 10.5. The highest BCUT2D eigenvalue weighted by Crippen LogP contribution is 2.36. The number of likely N-dealkylation sites (N-methyl/N-ethyl adjacent to an activating group) is 1. The third kappa shape index (κ3) is 5.16. The van der Waals surface area contributed by atoms with E-state index in [1.165, 1.54) is 0 Å². The largest absolute Gasteiger partial charge is 0.489 e. The minimum absolute atomic E-state index is 0.0182. The Morgan fingerprint density at radius 1 is 1.23 bits per heavy atom. The number of rotatable bonds is 6. The summed E-state index contributed by atoms with van der Waals surface area (Å²) in [6, 6.07) is 15.0. The number of ether oxygens (including phenoxy) is 2. The molecule has 1 aromatic heterocycles. The molecular formula is C26H28N4O4S. The van der Waals surface area contributed by atoms with Gasteiger partial charge in [-0.1, -0.05) is 29.5 Å². The Bertz CT molecular complexity index is 1310. The van der Waals surface area contributed by atoms with Crippen LogP contribution in [0.15, 0.2) is 59.4 Å². The van der Waals surface area contributed by atoms with Crippen molar-refractivity contribution in [1.29, 1.82) is 0 Å². The van der Waals surface area contributed by atoms with Gasteiger partial charge in [0.05, 0.1) is 6.04 Å². The van der Waals surface area contributed by atoms with Crippen LogP contribution in [0.25, 0.3) is 5.57 Å². The van der Waals surface area contributed by atoms with Crippen molar-refractivity contribution in [2.75, 3.05) is 26.7 Å². The lowest BCUT2D eigenvalue weighted by Gasteiger charge is -2.31. The molecule has 0 saturated carbocycles. The number of carbonyl (C=O) groups excluding carboxylic acids is 1. The predicted molar refractivity (Wildman–Crippen MR) is 135 cm³/mol. The molecule has 2 aliphatic heterocycles. The molecule has 9 heteroatoms. The van der Waals surface area contributed by atoms with Gasteiger partial charge >= 0.3 is 4.87 Å². The molecule has 1 saturated heterocycles. The van der Waals surface area contributed by atoms with Crippen LogP contribution in [0.4, 0.5) is 0 Å². The van der Waals surface area contributed by atoms with Gasteiger partial charge in [-0.25, -0.2) is 5.10 Å². The Kier molecular flexibility index (Phi) is 6.21. The Labute approximate surface area is 207 Å². The Morgan fingerprint density at radius 2 is 2.00 bits per heavy atom. The Balaban J connectivity index is 1.23. The van der Waals surface area contributed by atoms with E-state index >= 15 is 0 Å². The zero-order chi connectivity index (χ0) is 24.6. The summed E-state index contributed by atoms with van der Waals surface area (Å²) >= 11 is 1.10. The standard InChI is InChI=1S/C26H28N4O4S/c1-26(2)12-17(19-6-4-5-7-22(19)34-26)15-33-18-10-8-16(9-11-18)23(31)27-21-14-30(3)13-20(21)24-28-29-25(32)35-24/h4-12,20-21H,13-15H2,1-3H3,(H,27,31)(H,29,32)/t20-,21+/m0/s1. The minimum Gasteiger partial charge on any atom is -0.489 e. The molecule has 1 amide bonds. The van der Waals surface area contributed by atoms with E-state index in [1.807, 2.05) is 57.3 Å². The molecule has 8 nitrogen and oxygen atoms in total. The molecule has 2 N–H and O–H groups in total. The van der Waals surface area contributed by atoms with E-state index in [0.29, 0.717) is 24.5 Å². The van der Waals surface area contributed by atoms with Crippen molar-refractivity contribution in [3.05, 3.63) is 80.4 Å². The van der Waals surface area contributed by atoms with Crippen molar-refractivity contribution in [2.45, 2.75) is 31.4 Å². The molecule has 2 aliphatic rings. The first kappa shape index (κ1) is 23.3. The van der Waals surface area contributed by atoms with E-state index in [9.17, 15) is 9.59 Å². The van der Waals surface area contributed by atoms with Gasteiger partial charge in [-0.05, 0) is 57.3 Å². The van der Waals surface area contributed by atoms with Crippen LogP contribution in [0.1, 0.15) is 40.7 Å². The normalized spacial score (nSPS) is 21.1. The molecule has 0 unspecified atom stereocenters. The van der Waals surface area contributed by atoms with Crippen molar-refractivity contribution in [3.8, 4) is 11.5 Å². The van der Waals surface area contributed by atoms with Crippen LogP contribution < -0.4 is 19.7 Å². The van der Waals surface area contributed by atoms with E-state index < -0.39 is 5.60 Å². The van der Waals surface area contributed by atoms with Crippen molar-refractivity contribution < 1.29 is 14.3 Å². The number of hydrogen-bond acceptors (Lipinski definition) is 7. The van der Waals surface area contributed by atoms with Crippen molar-refractivity contribution in [3.63, 3.8) is 0 Å². The fourth-order valence-electron chi connectivity index (χ4n) is 4.66. The molecule has 0 aliphatic carbocycles. The summed E-state index contributed by atoms with van der Waals surface area (Å²) in [5.74, 6) is 1.36. The molecule has 0 radical (unpaired) electrons. The summed E-state index contributed by atoms with van der Waals surface area (Å²) in [6.07, 6.45) is 2.09. The van der Waals surface area contributed by atoms with Gasteiger partial charge in [0, 0.05) is 35.7 Å². The molecule has 0 bridgehead atoms. The summed E-state index contributed by atoms with van der Waals surface area (Å²) < 4.78 is 12.1. The average molecular weight is 493 g/mol. The van der Waals surface area contributed by atoms with Crippen molar-refractivity contribution >= 4 is 22.8 Å². The SMILES string of the molecule is CN1C[C@H](c2n[nH]c(=O)s2)[C@H](NC(=O)c2ccc(OCC3=CC(C)(C)Oc4ccccc43)cc2)C1. The first-order valence-electron chi connectivity index (χ1n) is 11.6. The lowest BCUT2D eigenvalue weighted by atomic mass is 9.95. The molecule has 182 valence electrons. The van der Waals surface area contributed by atoms with Crippen LogP contribution in [0.2, 0.25) is 0 Å². The van der Waals surface area contributed by atoms with Gasteiger partial charge < -0.3 is 19.7 Å². The van der Waals surface area contributed by atoms with Gasteiger partial charge in [0.2, 0.25) is 0 Å². The summed E-state index contributed by atoms with van der Waals surface area (Å²) in [5.41, 5.74) is 2.24. The number of benzene rings is 2. The third-order valence-corrected chi connectivity index (χ3v) is 7.11. The molecule has 1 fully saturated rings. The molecule has 2 aromatic carbocycles. The molecule has 0 spiro atoms. The maximum Gasteiger partial charge on any atom is 0.322 e. The third-order valence-electron chi connectivity index (χ3n) is 6.23. The minimum atomic E-state index is -0.410. The number of likely N-dealkylation sites (tertiary alicyclic amines) is 1. The van der Waals surface area contributed by atoms with Crippen LogP contribution in [0.3, 0.4) is 0 Å². The number of carbonyl (C=O) groups is 1. The molecule has 3 aromatic rings. The van der Waals surface area contributed by atoms with Gasteiger partial charge in [-0.15, -0.1) is 0 Å². The lowest BCUT2D eigenvalue weighted by Crippen LogP contribution is -2.39. The highest BCUT2D eigenvalue weighted by Gasteiger charge is 2.35. The quantitative estimate of drug-likeness (QED) is 0.548. The highest BCUT2D eigenvalue weighted by molar-refractivity contribution is 7.08. The zero-order valence-electron chi connectivity index (χ0n) is 19.9. The van der Waals surface area contributed by atoms with Crippen LogP contribution in [0.5, 0.6) is 11.5 Å². The van der Waals surface area contributed by atoms with E-state index in [4.69, 9.17) is 9.47 Å². The van der Waals surface area contributed by atoms with Crippen molar-refractivity contribution in [2.24, 2.45) is 0 Å². The number of aromatic amines is 1. The second-order valence-electron chi connectivity index (χ2n) is 9.54. The number of para-hydroxylation sites is 1. The number of H-pyrrole nitrogens is 1. The molecule has 3 heterocycles. The van der Waals surface area contributed by atoms with Gasteiger partial charge in [-0.3, -0.25) is 9.59 Å². The lowest BCUT2D eigenvalue weighted by molar-refractivity contribution is 0.0935. The van der Waals surface area contributed by atoms with E-state index in [-0.39, 0.29) is 22.7 Å². The summed E-state index contributed by atoms with van der Waals surface area (Å²) in [5, 5.41) is 10.4. The van der Waals surface area contributed by atoms with E-state index in [0.717, 1.165) is 39.8 Å². The molecule has 35 heavy (non-hydrogen) atoms. The Hall–Kier alpha value is -3.43. The molecule has 5 rings (SSSR count). The number of fused-ring (bicyclic) bond motifs is 1. The number of aromatic nitrogens is 2. The fraction of sp³-hybridized carbons (Fsp3) is 0.346. The smallest absolute Gasteiger partial charge is 0.322 e. The fourth-order valence-corrected chi connectivity index (χ4v) is 5.43. The number of nitrogens with one attached hydrogen (secondary N) is 2. The molecular weight excluding hydrogens is 464 g/mol. The highest BCUT2D eigenvalue weighted by atomic mass is 32.1. The van der Waals surface area contributed by atoms with Crippen LogP contribution in [-0.2, 0) is 0 Å². The first-order valence-corrected chi connectivity index (χ1v) is 12.4. The molecule has 2 atom stereocenters. The second kappa shape index (κ2) is 9.31. The zero-order valence-corrected chi connectivity index (χ0v) is 20.7. The van der Waals surface area contributed by atoms with Crippen LogP contribution in [0, 0.1) is 0 Å². The van der Waals surface area contributed by atoms with Gasteiger partial charge in [0.15, 0.2) is 0 Å². The van der Waals surface area contributed by atoms with Crippen LogP contribution >= 0.6 is 11.3 Å². The predicted octanol–water partition coefficient (Wildman–Crippen LogP) is 3.29. The van der Waals surface area contributed by atoms with E-state index in [1.54, 1.807) is 12.1 Å². The van der Waals surface area contributed by atoms with Crippen molar-refractivity contribution in [1.82, 2.24) is 20.4 Å². The summed E-state index contributed by atoms with van der Waals surface area (Å²) in [7, 11) is 1.99. The summed E-state index contributed by atoms with van der Waals surface area (Å²) in [6.45, 7) is 5.88. The monoisotopic (exact) mass is 492 g/mol. The average Bonchev–Trinajstić information content (AvgIpc) is 3.41. The first-order chi connectivity index (χ1) is 16.8.